The molecule has 1 spiro atoms. The van der Waals surface area contributed by atoms with Gasteiger partial charge in [0.05, 0.1) is 0 Å². The lowest BCUT2D eigenvalue weighted by Gasteiger charge is -2.60. The van der Waals surface area contributed by atoms with Crippen LogP contribution < -0.4 is 0 Å². The van der Waals surface area contributed by atoms with Crippen molar-refractivity contribution < 1.29 is 14.3 Å². The molecule has 0 aromatic heterocycles. The molecule has 5 rings (SSSR count). The summed E-state index contributed by atoms with van der Waals surface area (Å²) in [7, 11) is 0. The van der Waals surface area contributed by atoms with Gasteiger partial charge in [-0.1, -0.05) is 53.9 Å². The van der Waals surface area contributed by atoms with Crippen LogP contribution in [-0.2, 0) is 14.3 Å². The first-order valence-corrected chi connectivity index (χ1v) is 14.0. The maximum absolute atomic E-state index is 11.6. The number of carbonyl (C=O) groups is 1. The van der Waals surface area contributed by atoms with Crippen molar-refractivity contribution in [1.82, 2.24) is 0 Å². The topological polar surface area (TPSA) is 38.8 Å². The molecule has 1 aliphatic heterocycles. The maximum atomic E-state index is 11.6. The van der Waals surface area contributed by atoms with Crippen molar-refractivity contribution in [3.63, 3.8) is 0 Å². The Morgan fingerprint density at radius 3 is 2.47 bits per heavy atom. The molecule has 0 amide bonds. The number of rotatable bonds is 6. The third-order valence-electron chi connectivity index (χ3n) is 11.6. The molecular formula is C29H48O3. The summed E-state index contributed by atoms with van der Waals surface area (Å²) >= 11 is 0. The number of epoxide rings is 1. The first-order chi connectivity index (χ1) is 15.1. The third-order valence-corrected chi connectivity index (χ3v) is 11.6. The standard InChI is InChI=1S/C29H48O3/c1-18(2)8-7-9-19(3)22-10-11-23-21-12-17-29-26(32-29)25(31-20(4)30)14-16-28(29,6)24(21)13-15-27(22,23)5/h18-19,21-26H,7-17H2,1-6H3/t19-,21+,22-,23+,24+,25+,26-,27-,28-,29-/m1/s1. The van der Waals surface area contributed by atoms with Gasteiger partial charge in [0, 0.05) is 12.3 Å². The fraction of sp³-hybridized carbons (Fsp3) is 0.966. The van der Waals surface area contributed by atoms with Gasteiger partial charge in [-0.15, -0.1) is 0 Å². The van der Waals surface area contributed by atoms with E-state index in [4.69, 9.17) is 9.47 Å². The van der Waals surface area contributed by atoms with E-state index in [0.29, 0.717) is 5.41 Å². The largest absolute Gasteiger partial charge is 0.460 e. The summed E-state index contributed by atoms with van der Waals surface area (Å²) in [5, 5.41) is 0. The van der Waals surface area contributed by atoms with Crippen LogP contribution in [0.1, 0.15) is 112 Å². The van der Waals surface area contributed by atoms with Crippen LogP contribution >= 0.6 is 0 Å². The second-order valence-corrected chi connectivity index (χ2v) is 13.5. The fourth-order valence-corrected chi connectivity index (χ4v) is 10.0. The van der Waals surface area contributed by atoms with Crippen LogP contribution in [0.4, 0.5) is 0 Å². The van der Waals surface area contributed by atoms with E-state index < -0.39 is 0 Å². The van der Waals surface area contributed by atoms with Gasteiger partial charge >= 0.3 is 5.97 Å². The molecule has 3 nitrogen and oxygen atoms in total. The van der Waals surface area contributed by atoms with Gasteiger partial charge < -0.3 is 9.47 Å². The third kappa shape index (κ3) is 3.34. The molecule has 4 saturated carbocycles. The smallest absolute Gasteiger partial charge is 0.302 e. The number of ether oxygens (including phenoxy) is 2. The highest BCUT2D eigenvalue weighted by Crippen LogP contribution is 2.73. The van der Waals surface area contributed by atoms with Gasteiger partial charge in [-0.3, -0.25) is 4.79 Å². The first-order valence-electron chi connectivity index (χ1n) is 14.0. The Hall–Kier alpha value is -0.570. The minimum Gasteiger partial charge on any atom is -0.460 e. The van der Waals surface area contributed by atoms with Crippen LogP contribution in [0, 0.1) is 46.3 Å². The van der Waals surface area contributed by atoms with Crippen molar-refractivity contribution in [2.24, 2.45) is 46.3 Å². The molecule has 0 aromatic carbocycles. The van der Waals surface area contributed by atoms with Gasteiger partial charge in [0.25, 0.3) is 0 Å². The van der Waals surface area contributed by atoms with Crippen molar-refractivity contribution in [2.45, 2.75) is 130 Å². The van der Waals surface area contributed by atoms with Gasteiger partial charge in [-0.25, -0.2) is 0 Å². The summed E-state index contributed by atoms with van der Waals surface area (Å²) < 4.78 is 12.2. The molecule has 1 heterocycles. The van der Waals surface area contributed by atoms with E-state index in [1.54, 1.807) is 6.92 Å². The minimum atomic E-state index is -0.147. The highest BCUT2D eigenvalue weighted by molar-refractivity contribution is 5.66. The Bertz CT molecular complexity index is 732. The van der Waals surface area contributed by atoms with E-state index in [2.05, 4.69) is 34.6 Å². The van der Waals surface area contributed by atoms with Crippen LogP contribution in [0.2, 0.25) is 0 Å². The average Bonchev–Trinajstić information content (AvgIpc) is 3.36. The lowest BCUT2D eigenvalue weighted by atomic mass is 9.44. The lowest BCUT2D eigenvalue weighted by molar-refractivity contribution is -0.152. The normalized spacial score (nSPS) is 50.1. The summed E-state index contributed by atoms with van der Waals surface area (Å²) in [6.07, 6.45) is 14.8. The van der Waals surface area contributed by atoms with E-state index in [-0.39, 0.29) is 29.2 Å². The van der Waals surface area contributed by atoms with Gasteiger partial charge in [-0.05, 0) is 92.3 Å². The molecule has 5 aliphatic rings. The van der Waals surface area contributed by atoms with Crippen LogP contribution in [-0.4, -0.2) is 23.8 Å². The Balaban J connectivity index is 1.30. The first kappa shape index (κ1) is 23.2. The number of hydrogen-bond donors (Lipinski definition) is 0. The SMILES string of the molecule is CC(=O)O[C@H]1CC[C@]2(C)[C@H]3CC[C@]4(C)[C@@H]([C@H](C)CCCC(C)C)CC[C@H]4[C@@H]3CC[C@]23O[C@H]13. The summed E-state index contributed by atoms with van der Waals surface area (Å²) in [5.41, 5.74) is 0.833. The summed E-state index contributed by atoms with van der Waals surface area (Å²) in [6.45, 7) is 14.1. The van der Waals surface area contributed by atoms with E-state index >= 15 is 0 Å². The maximum Gasteiger partial charge on any atom is 0.302 e. The summed E-state index contributed by atoms with van der Waals surface area (Å²) in [5.74, 6) is 5.08. The predicted molar refractivity (Wildman–Crippen MR) is 128 cm³/mol. The zero-order chi connectivity index (χ0) is 22.9. The molecule has 0 aromatic rings. The van der Waals surface area contributed by atoms with E-state index in [1.165, 1.54) is 64.2 Å². The molecule has 0 radical (unpaired) electrons. The van der Waals surface area contributed by atoms with Crippen molar-refractivity contribution in [3.8, 4) is 0 Å². The molecule has 10 atom stereocenters. The molecule has 4 aliphatic carbocycles. The van der Waals surface area contributed by atoms with E-state index in [0.717, 1.165) is 41.9 Å². The van der Waals surface area contributed by atoms with Crippen molar-refractivity contribution in [3.05, 3.63) is 0 Å². The number of carbonyl (C=O) groups excluding carboxylic acids is 1. The molecule has 32 heavy (non-hydrogen) atoms. The predicted octanol–water partition coefficient (Wildman–Crippen LogP) is 7.17. The Morgan fingerprint density at radius 1 is 0.969 bits per heavy atom. The quantitative estimate of drug-likeness (QED) is 0.322. The van der Waals surface area contributed by atoms with Crippen LogP contribution in [0.15, 0.2) is 0 Å². The average molecular weight is 445 g/mol. The Kier molecular flexibility index (Phi) is 5.79. The molecule has 1 saturated heterocycles. The molecule has 182 valence electrons. The molecule has 5 fully saturated rings. The van der Waals surface area contributed by atoms with Crippen LogP contribution in [0.25, 0.3) is 0 Å². The zero-order valence-electron chi connectivity index (χ0n) is 21.6. The van der Waals surface area contributed by atoms with Gasteiger partial charge in [0.15, 0.2) is 0 Å². The highest BCUT2D eigenvalue weighted by Gasteiger charge is 2.76. The molecule has 0 N–H and O–H groups in total. The Morgan fingerprint density at radius 2 is 1.75 bits per heavy atom. The molecule has 3 heteroatoms. The number of hydrogen-bond acceptors (Lipinski definition) is 3. The van der Waals surface area contributed by atoms with Crippen molar-refractivity contribution in [1.29, 1.82) is 0 Å². The van der Waals surface area contributed by atoms with Gasteiger partial charge in [0.1, 0.15) is 17.8 Å². The summed E-state index contributed by atoms with van der Waals surface area (Å²) in [4.78, 5) is 11.6. The van der Waals surface area contributed by atoms with Crippen molar-refractivity contribution in [2.75, 3.05) is 0 Å². The van der Waals surface area contributed by atoms with E-state index in [1.807, 2.05) is 0 Å². The number of esters is 1. The van der Waals surface area contributed by atoms with E-state index in [9.17, 15) is 4.79 Å². The van der Waals surface area contributed by atoms with Crippen molar-refractivity contribution >= 4 is 5.97 Å². The second kappa shape index (κ2) is 7.99. The Labute approximate surface area is 196 Å². The molecule has 0 bridgehead atoms. The van der Waals surface area contributed by atoms with Crippen LogP contribution in [0.5, 0.6) is 0 Å². The summed E-state index contributed by atoms with van der Waals surface area (Å²) in [6, 6.07) is 0. The number of fused-ring (bicyclic) bond motifs is 4. The van der Waals surface area contributed by atoms with Gasteiger partial charge in [0.2, 0.25) is 0 Å². The highest BCUT2D eigenvalue weighted by atomic mass is 16.6. The zero-order valence-corrected chi connectivity index (χ0v) is 21.6. The fourth-order valence-electron chi connectivity index (χ4n) is 10.0. The monoisotopic (exact) mass is 444 g/mol. The second-order valence-electron chi connectivity index (χ2n) is 13.5. The molecular weight excluding hydrogens is 396 g/mol. The molecule has 0 unspecified atom stereocenters. The lowest BCUT2D eigenvalue weighted by Crippen LogP contribution is -2.59. The van der Waals surface area contributed by atoms with Gasteiger partial charge in [-0.2, -0.15) is 0 Å². The minimum absolute atomic E-state index is 0.00240. The van der Waals surface area contributed by atoms with Crippen LogP contribution in [0.3, 0.4) is 0 Å².